The van der Waals surface area contributed by atoms with Gasteiger partial charge in [-0.05, 0) is 48.9 Å². The summed E-state index contributed by atoms with van der Waals surface area (Å²) in [5.74, 6) is -1.74. The summed E-state index contributed by atoms with van der Waals surface area (Å²) in [6.45, 7) is 0. The number of benzene rings is 2. The van der Waals surface area contributed by atoms with Crippen LogP contribution in [0.15, 0.2) is 36.4 Å². The fourth-order valence-electron chi connectivity index (χ4n) is 2.08. The van der Waals surface area contributed by atoms with Crippen molar-refractivity contribution < 1.29 is 13.2 Å². The average Bonchev–Trinajstić information content (AvgIpc) is 2.38. The first-order chi connectivity index (χ1) is 9.49. The maximum atomic E-state index is 13.2. The Hall–Kier alpha value is -1.52. The average molecular weight is 300 g/mol. The molecule has 5 heteroatoms. The molecule has 0 heterocycles. The molecule has 0 saturated heterocycles. The molecule has 2 rings (SSSR count). The second-order valence-electron chi connectivity index (χ2n) is 4.50. The molecule has 106 valence electrons. The first-order valence-electron chi connectivity index (χ1n) is 6.07. The third kappa shape index (κ3) is 3.52. The van der Waals surface area contributed by atoms with Gasteiger partial charge < -0.3 is 5.32 Å². The number of rotatable bonds is 4. The molecule has 1 nitrogen and oxygen atoms in total. The number of nitrogens with one attached hydrogen (secondary N) is 1. The molecule has 0 bridgehead atoms. The van der Waals surface area contributed by atoms with Crippen LogP contribution < -0.4 is 5.32 Å². The van der Waals surface area contributed by atoms with E-state index in [4.69, 9.17) is 11.6 Å². The zero-order valence-corrected chi connectivity index (χ0v) is 11.5. The Morgan fingerprint density at radius 2 is 1.70 bits per heavy atom. The highest BCUT2D eigenvalue weighted by molar-refractivity contribution is 6.30. The molecule has 0 radical (unpaired) electrons. The van der Waals surface area contributed by atoms with Crippen LogP contribution in [0.3, 0.4) is 0 Å². The van der Waals surface area contributed by atoms with E-state index in [-0.39, 0.29) is 11.1 Å². The highest BCUT2D eigenvalue weighted by Crippen LogP contribution is 2.24. The van der Waals surface area contributed by atoms with E-state index in [2.05, 4.69) is 5.32 Å². The molecular formula is C15H13ClF3N. The Kier molecular flexibility index (Phi) is 4.68. The van der Waals surface area contributed by atoms with Gasteiger partial charge in [0, 0.05) is 12.1 Å². The molecule has 20 heavy (non-hydrogen) atoms. The molecule has 1 N–H and O–H groups in total. The van der Waals surface area contributed by atoms with Gasteiger partial charge in [-0.1, -0.05) is 17.7 Å². The van der Waals surface area contributed by atoms with Crippen molar-refractivity contribution in [1.29, 1.82) is 0 Å². The third-order valence-electron chi connectivity index (χ3n) is 3.06. The summed E-state index contributed by atoms with van der Waals surface area (Å²) in [6.07, 6.45) is 0.368. The lowest BCUT2D eigenvalue weighted by molar-refractivity contribution is 0.561. The molecule has 2 aromatic rings. The quantitative estimate of drug-likeness (QED) is 0.889. The molecule has 1 atom stereocenters. The van der Waals surface area contributed by atoms with Crippen LogP contribution in [0.2, 0.25) is 5.02 Å². The van der Waals surface area contributed by atoms with Crippen LogP contribution in [0.5, 0.6) is 0 Å². The summed E-state index contributed by atoms with van der Waals surface area (Å²) in [7, 11) is 1.72. The van der Waals surface area contributed by atoms with E-state index >= 15 is 0 Å². The lowest BCUT2D eigenvalue weighted by atomic mass is 9.99. The standard InChI is InChI=1S/C15H13ClF3N/c1-20-15(10-2-3-14(19)13(16)7-10)6-9-4-11(17)8-12(18)5-9/h2-5,7-8,15,20H,6H2,1H3. The van der Waals surface area contributed by atoms with E-state index in [1.165, 1.54) is 24.3 Å². The Morgan fingerprint density at radius 3 is 2.25 bits per heavy atom. The predicted octanol–water partition coefficient (Wildman–Crippen LogP) is 4.26. The lowest BCUT2D eigenvalue weighted by Gasteiger charge is -2.17. The van der Waals surface area contributed by atoms with Crippen LogP contribution in [0.25, 0.3) is 0 Å². The Bertz CT molecular complexity index is 596. The molecule has 0 saturated carbocycles. The second-order valence-corrected chi connectivity index (χ2v) is 4.90. The predicted molar refractivity (Wildman–Crippen MR) is 73.3 cm³/mol. The molecule has 0 aliphatic heterocycles. The summed E-state index contributed by atoms with van der Waals surface area (Å²) in [4.78, 5) is 0. The van der Waals surface area contributed by atoms with Gasteiger partial charge in [-0.3, -0.25) is 0 Å². The van der Waals surface area contributed by atoms with Crippen molar-refractivity contribution in [1.82, 2.24) is 5.32 Å². The number of hydrogen-bond donors (Lipinski definition) is 1. The van der Waals surface area contributed by atoms with E-state index in [0.29, 0.717) is 12.0 Å². The fraction of sp³-hybridized carbons (Fsp3) is 0.200. The smallest absolute Gasteiger partial charge is 0.141 e. The van der Waals surface area contributed by atoms with E-state index in [0.717, 1.165) is 11.6 Å². The van der Waals surface area contributed by atoms with Crippen LogP contribution in [0.4, 0.5) is 13.2 Å². The number of halogens is 4. The highest BCUT2D eigenvalue weighted by Gasteiger charge is 2.13. The summed E-state index contributed by atoms with van der Waals surface area (Å²) in [5.41, 5.74) is 1.27. The molecule has 0 amide bonds. The van der Waals surface area contributed by atoms with Crippen LogP contribution in [0.1, 0.15) is 17.2 Å². The van der Waals surface area contributed by atoms with Gasteiger partial charge in [-0.2, -0.15) is 0 Å². The van der Waals surface area contributed by atoms with Gasteiger partial charge in [0.05, 0.1) is 5.02 Å². The summed E-state index contributed by atoms with van der Waals surface area (Å²) < 4.78 is 39.5. The largest absolute Gasteiger partial charge is 0.313 e. The topological polar surface area (TPSA) is 12.0 Å². The monoisotopic (exact) mass is 299 g/mol. The summed E-state index contributed by atoms with van der Waals surface area (Å²) >= 11 is 5.75. The van der Waals surface area contributed by atoms with Crippen molar-refractivity contribution in [2.24, 2.45) is 0 Å². The third-order valence-corrected chi connectivity index (χ3v) is 3.35. The van der Waals surface area contributed by atoms with Gasteiger partial charge in [0.25, 0.3) is 0 Å². The van der Waals surface area contributed by atoms with Crippen molar-refractivity contribution in [2.75, 3.05) is 7.05 Å². The minimum absolute atomic E-state index is 0.0215. The van der Waals surface area contributed by atoms with Crippen molar-refractivity contribution in [3.63, 3.8) is 0 Å². The van der Waals surface area contributed by atoms with Gasteiger partial charge in [0.2, 0.25) is 0 Å². The van der Waals surface area contributed by atoms with Gasteiger partial charge in [-0.15, -0.1) is 0 Å². The Labute approximate surface area is 120 Å². The molecule has 0 aliphatic carbocycles. The van der Waals surface area contributed by atoms with Gasteiger partial charge in [0.1, 0.15) is 17.5 Å². The van der Waals surface area contributed by atoms with E-state index in [1.807, 2.05) is 0 Å². The van der Waals surface area contributed by atoms with E-state index in [1.54, 1.807) is 13.1 Å². The molecule has 0 fully saturated rings. The first kappa shape index (κ1) is 14.9. The summed E-state index contributed by atoms with van der Waals surface area (Å²) in [6, 6.07) is 7.54. The zero-order valence-electron chi connectivity index (χ0n) is 10.8. The lowest BCUT2D eigenvalue weighted by Crippen LogP contribution is -2.19. The van der Waals surface area contributed by atoms with Gasteiger partial charge in [0.15, 0.2) is 0 Å². The van der Waals surface area contributed by atoms with E-state index in [9.17, 15) is 13.2 Å². The number of likely N-dealkylation sites (N-methyl/N-ethyl adjacent to an activating group) is 1. The Morgan fingerprint density at radius 1 is 1.05 bits per heavy atom. The Balaban J connectivity index is 2.26. The van der Waals surface area contributed by atoms with Crippen LogP contribution >= 0.6 is 11.6 Å². The molecule has 2 aromatic carbocycles. The molecule has 1 unspecified atom stereocenters. The second kappa shape index (κ2) is 6.29. The van der Waals surface area contributed by atoms with Crippen LogP contribution in [-0.4, -0.2) is 7.05 Å². The highest BCUT2D eigenvalue weighted by atomic mass is 35.5. The fourth-order valence-corrected chi connectivity index (χ4v) is 2.27. The van der Waals surface area contributed by atoms with Crippen LogP contribution in [-0.2, 0) is 6.42 Å². The molecular weight excluding hydrogens is 287 g/mol. The molecule has 0 aliphatic rings. The number of hydrogen-bond acceptors (Lipinski definition) is 1. The zero-order chi connectivity index (χ0) is 14.7. The van der Waals surface area contributed by atoms with Crippen molar-refractivity contribution in [3.05, 3.63) is 70.0 Å². The maximum Gasteiger partial charge on any atom is 0.141 e. The minimum Gasteiger partial charge on any atom is -0.313 e. The van der Waals surface area contributed by atoms with E-state index < -0.39 is 17.5 Å². The minimum atomic E-state index is -0.619. The molecule has 0 aromatic heterocycles. The van der Waals surface area contributed by atoms with Crippen molar-refractivity contribution in [2.45, 2.75) is 12.5 Å². The maximum absolute atomic E-state index is 13.2. The SMILES string of the molecule is CNC(Cc1cc(F)cc(F)c1)c1ccc(F)c(Cl)c1. The van der Waals surface area contributed by atoms with Crippen LogP contribution in [0, 0.1) is 17.5 Å². The normalized spacial score (nSPS) is 12.4. The van der Waals surface area contributed by atoms with Crippen molar-refractivity contribution in [3.8, 4) is 0 Å². The summed E-state index contributed by atoms with van der Waals surface area (Å²) in [5, 5.41) is 3.05. The first-order valence-corrected chi connectivity index (χ1v) is 6.44. The van der Waals surface area contributed by atoms with Crippen molar-refractivity contribution >= 4 is 11.6 Å². The van der Waals surface area contributed by atoms with Gasteiger partial charge >= 0.3 is 0 Å². The molecule has 0 spiro atoms. The van der Waals surface area contributed by atoms with Gasteiger partial charge in [-0.25, -0.2) is 13.2 Å².